The van der Waals surface area contributed by atoms with E-state index in [1.165, 1.54) is 11.3 Å². The molecule has 0 radical (unpaired) electrons. The highest BCUT2D eigenvalue weighted by atomic mass is 35.5. The molecule has 0 unspecified atom stereocenters. The molecular weight excluding hydrogens is 322 g/mol. The van der Waals surface area contributed by atoms with Crippen LogP contribution in [0.25, 0.3) is 0 Å². The minimum Gasteiger partial charge on any atom is -0.338 e. The lowest BCUT2D eigenvalue weighted by atomic mass is 10.2. The lowest BCUT2D eigenvalue weighted by Gasteiger charge is -2.19. The number of benzene rings is 1. The highest BCUT2D eigenvalue weighted by Gasteiger charge is 2.18. The number of aromatic nitrogens is 1. The molecular formula is C15H16ClN3O2S. The number of hydrogen-bond acceptors (Lipinski definition) is 4. The number of nitrogens with one attached hydrogen (secondary N) is 1. The van der Waals surface area contributed by atoms with Crippen molar-refractivity contribution in [2.24, 2.45) is 0 Å². The molecule has 1 heterocycles. The van der Waals surface area contributed by atoms with Crippen molar-refractivity contribution >= 4 is 39.9 Å². The fourth-order valence-electron chi connectivity index (χ4n) is 1.64. The average molecular weight is 338 g/mol. The Kier molecular flexibility index (Phi) is 5.15. The summed E-state index contributed by atoms with van der Waals surface area (Å²) in [4.78, 5) is 30.0. The zero-order valence-corrected chi connectivity index (χ0v) is 14.0. The van der Waals surface area contributed by atoms with Gasteiger partial charge in [0.05, 0.1) is 0 Å². The maximum Gasteiger partial charge on any atom is 0.273 e. The smallest absolute Gasteiger partial charge is 0.273 e. The van der Waals surface area contributed by atoms with Crippen molar-refractivity contribution in [2.75, 3.05) is 12.4 Å². The first-order valence-electron chi connectivity index (χ1n) is 6.68. The predicted molar refractivity (Wildman–Crippen MR) is 88.7 cm³/mol. The van der Waals surface area contributed by atoms with E-state index < -0.39 is 0 Å². The molecule has 2 amide bonds. The summed E-state index contributed by atoms with van der Waals surface area (Å²) in [7, 11) is 1.72. The maximum atomic E-state index is 12.1. The van der Waals surface area contributed by atoms with Gasteiger partial charge in [0, 0.05) is 29.1 Å². The first-order chi connectivity index (χ1) is 10.4. The van der Waals surface area contributed by atoms with E-state index >= 15 is 0 Å². The predicted octanol–water partition coefficient (Wildman–Crippen LogP) is 3.53. The van der Waals surface area contributed by atoms with Gasteiger partial charge in [0.25, 0.3) is 11.8 Å². The number of nitrogens with zero attached hydrogens (tertiary/aromatic N) is 2. The van der Waals surface area contributed by atoms with Crippen LogP contribution in [0.4, 0.5) is 5.13 Å². The Morgan fingerprint density at radius 3 is 2.73 bits per heavy atom. The zero-order chi connectivity index (χ0) is 16.3. The summed E-state index contributed by atoms with van der Waals surface area (Å²) < 4.78 is 0. The molecule has 2 rings (SSSR count). The van der Waals surface area contributed by atoms with Crippen LogP contribution in [-0.2, 0) is 0 Å². The van der Waals surface area contributed by atoms with Crippen LogP contribution in [0.3, 0.4) is 0 Å². The van der Waals surface area contributed by atoms with Gasteiger partial charge in [-0.1, -0.05) is 17.7 Å². The third-order valence-corrected chi connectivity index (χ3v) is 4.12. The van der Waals surface area contributed by atoms with E-state index in [1.54, 1.807) is 41.6 Å². The van der Waals surface area contributed by atoms with Gasteiger partial charge in [-0.05, 0) is 32.0 Å². The van der Waals surface area contributed by atoms with Crippen molar-refractivity contribution in [3.63, 3.8) is 0 Å². The number of rotatable bonds is 4. The van der Waals surface area contributed by atoms with Gasteiger partial charge in [0.1, 0.15) is 5.69 Å². The first-order valence-corrected chi connectivity index (χ1v) is 7.94. The summed E-state index contributed by atoms with van der Waals surface area (Å²) in [6.45, 7) is 3.85. The van der Waals surface area contributed by atoms with Crippen LogP contribution in [0.2, 0.25) is 5.02 Å². The molecule has 2 aromatic rings. The number of carbonyl (C=O) groups excluding carboxylic acids is 2. The van der Waals surface area contributed by atoms with E-state index in [0.717, 1.165) is 0 Å². The normalized spacial score (nSPS) is 10.6. The second-order valence-corrected chi connectivity index (χ2v) is 6.31. The van der Waals surface area contributed by atoms with E-state index in [1.807, 2.05) is 13.8 Å². The molecule has 116 valence electrons. The van der Waals surface area contributed by atoms with Crippen LogP contribution in [0.5, 0.6) is 0 Å². The number of carbonyl (C=O) groups is 2. The summed E-state index contributed by atoms with van der Waals surface area (Å²) in [6, 6.07) is 6.71. The molecule has 22 heavy (non-hydrogen) atoms. The fourth-order valence-corrected chi connectivity index (χ4v) is 2.51. The molecule has 0 bridgehead atoms. The largest absolute Gasteiger partial charge is 0.338 e. The van der Waals surface area contributed by atoms with Crippen LogP contribution >= 0.6 is 22.9 Å². The van der Waals surface area contributed by atoms with Crippen molar-refractivity contribution in [1.29, 1.82) is 0 Å². The van der Waals surface area contributed by atoms with Crippen molar-refractivity contribution in [1.82, 2.24) is 9.88 Å². The molecule has 0 saturated carbocycles. The lowest BCUT2D eigenvalue weighted by Crippen LogP contribution is -2.33. The SMILES string of the molecule is CC(C)N(C)C(=O)c1csc(NC(=O)c2cccc(Cl)c2)n1. The lowest BCUT2D eigenvalue weighted by molar-refractivity contribution is 0.0749. The van der Waals surface area contributed by atoms with Gasteiger partial charge in [-0.3, -0.25) is 14.9 Å². The molecule has 1 aromatic carbocycles. The Labute approximate surface area is 137 Å². The Morgan fingerprint density at radius 2 is 2.09 bits per heavy atom. The summed E-state index contributed by atoms with van der Waals surface area (Å²) >= 11 is 7.07. The summed E-state index contributed by atoms with van der Waals surface area (Å²) in [5, 5.41) is 5.17. The third-order valence-electron chi connectivity index (χ3n) is 3.13. The molecule has 0 fully saturated rings. The van der Waals surface area contributed by atoms with Gasteiger partial charge in [0.2, 0.25) is 0 Å². The molecule has 1 aromatic heterocycles. The first kappa shape index (κ1) is 16.5. The molecule has 1 N–H and O–H groups in total. The Balaban J connectivity index is 2.09. The van der Waals surface area contributed by atoms with Gasteiger partial charge in [-0.25, -0.2) is 4.98 Å². The van der Waals surface area contributed by atoms with Crippen LogP contribution in [0, 0.1) is 0 Å². The van der Waals surface area contributed by atoms with Crippen molar-refractivity contribution in [2.45, 2.75) is 19.9 Å². The number of halogens is 1. The summed E-state index contributed by atoms with van der Waals surface area (Å²) in [6.07, 6.45) is 0. The van der Waals surface area contributed by atoms with Crippen molar-refractivity contribution < 1.29 is 9.59 Å². The molecule has 0 spiro atoms. The fraction of sp³-hybridized carbons (Fsp3) is 0.267. The van der Waals surface area contributed by atoms with Crippen LogP contribution in [0.15, 0.2) is 29.6 Å². The minimum absolute atomic E-state index is 0.0821. The van der Waals surface area contributed by atoms with Gasteiger partial charge >= 0.3 is 0 Å². The van der Waals surface area contributed by atoms with Gasteiger partial charge in [0.15, 0.2) is 5.13 Å². The van der Waals surface area contributed by atoms with Crippen LogP contribution < -0.4 is 5.32 Å². The number of thiazole rings is 1. The third kappa shape index (κ3) is 3.84. The average Bonchev–Trinajstić information content (AvgIpc) is 2.94. The molecule has 0 atom stereocenters. The van der Waals surface area contributed by atoms with Crippen LogP contribution in [-0.4, -0.2) is 34.8 Å². The van der Waals surface area contributed by atoms with Crippen LogP contribution in [0.1, 0.15) is 34.7 Å². The summed E-state index contributed by atoms with van der Waals surface area (Å²) in [5.74, 6) is -0.484. The summed E-state index contributed by atoms with van der Waals surface area (Å²) in [5.41, 5.74) is 0.762. The monoisotopic (exact) mass is 337 g/mol. The van der Waals surface area contributed by atoms with Gasteiger partial charge in [-0.2, -0.15) is 0 Å². The van der Waals surface area contributed by atoms with E-state index in [4.69, 9.17) is 11.6 Å². The number of anilines is 1. The Hall–Kier alpha value is -1.92. The highest BCUT2D eigenvalue weighted by molar-refractivity contribution is 7.14. The van der Waals surface area contributed by atoms with E-state index in [-0.39, 0.29) is 17.9 Å². The zero-order valence-electron chi connectivity index (χ0n) is 12.5. The standard InChI is InChI=1S/C15H16ClN3O2S/c1-9(2)19(3)14(21)12-8-22-15(17-12)18-13(20)10-5-4-6-11(16)7-10/h4-9H,1-3H3,(H,17,18,20). The number of hydrogen-bond donors (Lipinski definition) is 1. The van der Waals surface area contributed by atoms with Crippen molar-refractivity contribution in [3.8, 4) is 0 Å². The number of amides is 2. The second kappa shape index (κ2) is 6.89. The van der Waals surface area contributed by atoms with E-state index in [2.05, 4.69) is 10.3 Å². The quantitative estimate of drug-likeness (QED) is 0.928. The van der Waals surface area contributed by atoms with Crippen molar-refractivity contribution in [3.05, 3.63) is 45.9 Å². The van der Waals surface area contributed by atoms with Gasteiger partial charge < -0.3 is 4.90 Å². The molecule has 5 nitrogen and oxygen atoms in total. The Bertz CT molecular complexity index is 700. The maximum absolute atomic E-state index is 12.1. The minimum atomic E-state index is -0.312. The Morgan fingerprint density at radius 1 is 1.36 bits per heavy atom. The topological polar surface area (TPSA) is 62.3 Å². The molecule has 0 saturated heterocycles. The van der Waals surface area contributed by atoms with Gasteiger partial charge in [-0.15, -0.1) is 11.3 Å². The highest BCUT2D eigenvalue weighted by Crippen LogP contribution is 2.19. The molecule has 0 aliphatic rings. The molecule has 7 heteroatoms. The second-order valence-electron chi connectivity index (χ2n) is 5.01. The molecule has 0 aliphatic heterocycles. The molecule has 0 aliphatic carbocycles. The van der Waals surface area contributed by atoms with E-state index in [0.29, 0.717) is 21.4 Å². The van der Waals surface area contributed by atoms with E-state index in [9.17, 15) is 9.59 Å².